The third-order valence-electron chi connectivity index (χ3n) is 7.73. The monoisotopic (exact) mass is 527 g/mol. The Morgan fingerprint density at radius 3 is 2.41 bits per heavy atom. The van der Waals surface area contributed by atoms with E-state index in [9.17, 15) is 9.59 Å². The summed E-state index contributed by atoms with van der Waals surface area (Å²) in [6.07, 6.45) is 11.3. The molecule has 2 aromatic heterocycles. The summed E-state index contributed by atoms with van der Waals surface area (Å²) in [5.74, 6) is 1.00. The first-order valence-corrected chi connectivity index (χ1v) is 14.3. The van der Waals surface area contributed by atoms with Gasteiger partial charge in [0.15, 0.2) is 0 Å². The maximum absolute atomic E-state index is 13.5. The molecule has 1 aliphatic rings. The summed E-state index contributed by atoms with van der Waals surface area (Å²) in [7, 11) is 0. The van der Waals surface area contributed by atoms with Crippen molar-refractivity contribution in [1.82, 2.24) is 35.0 Å². The number of carbonyl (C=O) groups excluding carboxylic acids is 1. The number of hydrogen-bond donors (Lipinski definition) is 1. The Balaban J connectivity index is 1.39. The van der Waals surface area contributed by atoms with Gasteiger partial charge in [0.25, 0.3) is 5.91 Å². The number of carbonyl (C=O) groups is 1. The molecule has 9 nitrogen and oxygen atoms in total. The van der Waals surface area contributed by atoms with Crippen molar-refractivity contribution in [3.05, 3.63) is 70.4 Å². The molecule has 39 heavy (non-hydrogen) atoms. The average molecular weight is 528 g/mol. The zero-order chi connectivity index (χ0) is 27.0. The zero-order valence-electron chi connectivity index (χ0n) is 22.7. The Labute approximate surface area is 228 Å². The number of nitrogens with one attached hydrogen (secondary N) is 1. The van der Waals surface area contributed by atoms with E-state index in [2.05, 4.69) is 32.6 Å². The highest BCUT2D eigenvalue weighted by Gasteiger charge is 2.27. The van der Waals surface area contributed by atoms with Crippen molar-refractivity contribution in [2.75, 3.05) is 0 Å². The Bertz CT molecular complexity index is 1410. The summed E-state index contributed by atoms with van der Waals surface area (Å²) < 4.78 is 2.86. The van der Waals surface area contributed by atoms with Crippen molar-refractivity contribution in [2.45, 2.75) is 84.1 Å². The van der Waals surface area contributed by atoms with Gasteiger partial charge in [0, 0.05) is 17.9 Å². The molecular formula is C30H37N7O2. The molecule has 0 radical (unpaired) electrons. The van der Waals surface area contributed by atoms with Crippen LogP contribution in [-0.2, 0) is 13.0 Å². The Hall–Kier alpha value is -3.88. The van der Waals surface area contributed by atoms with Crippen molar-refractivity contribution in [3.63, 3.8) is 0 Å². The molecule has 0 amide bonds. The minimum absolute atomic E-state index is 0.101. The van der Waals surface area contributed by atoms with E-state index in [0.29, 0.717) is 24.6 Å². The SMILES string of the molecule is CCCCCCCc1nn(C(=O)C2CCCCC2)c(=O)n1Cc1ccc(-c2ccccc2-c2nn[nH]n2)cc1. The van der Waals surface area contributed by atoms with E-state index in [4.69, 9.17) is 0 Å². The second kappa shape index (κ2) is 12.8. The summed E-state index contributed by atoms with van der Waals surface area (Å²) in [5.41, 5.74) is 3.57. The maximum atomic E-state index is 13.5. The van der Waals surface area contributed by atoms with Crippen LogP contribution in [0.4, 0.5) is 0 Å². The van der Waals surface area contributed by atoms with Crippen LogP contribution in [0.1, 0.15) is 87.3 Å². The lowest BCUT2D eigenvalue weighted by Gasteiger charge is -2.19. The van der Waals surface area contributed by atoms with E-state index in [1.165, 1.54) is 19.3 Å². The maximum Gasteiger partial charge on any atom is 0.353 e. The number of aromatic nitrogens is 7. The van der Waals surface area contributed by atoms with Crippen LogP contribution in [0.2, 0.25) is 0 Å². The fourth-order valence-electron chi connectivity index (χ4n) is 5.51. The van der Waals surface area contributed by atoms with E-state index in [-0.39, 0.29) is 17.5 Å². The van der Waals surface area contributed by atoms with E-state index < -0.39 is 0 Å². The third-order valence-corrected chi connectivity index (χ3v) is 7.73. The highest BCUT2D eigenvalue weighted by molar-refractivity contribution is 5.81. The number of nitrogens with zero attached hydrogens (tertiary/aromatic N) is 6. The molecular weight excluding hydrogens is 490 g/mol. The van der Waals surface area contributed by atoms with Gasteiger partial charge in [-0.2, -0.15) is 5.21 Å². The molecule has 1 aliphatic carbocycles. The highest BCUT2D eigenvalue weighted by atomic mass is 16.2. The van der Waals surface area contributed by atoms with Gasteiger partial charge in [-0.3, -0.25) is 9.36 Å². The Morgan fingerprint density at radius 1 is 0.949 bits per heavy atom. The quantitative estimate of drug-likeness (QED) is 0.251. The van der Waals surface area contributed by atoms with Gasteiger partial charge >= 0.3 is 5.69 Å². The van der Waals surface area contributed by atoms with Crippen LogP contribution in [0.5, 0.6) is 0 Å². The van der Waals surface area contributed by atoms with Crippen molar-refractivity contribution in [3.8, 4) is 22.5 Å². The van der Waals surface area contributed by atoms with Crippen molar-refractivity contribution in [2.24, 2.45) is 5.92 Å². The molecule has 2 heterocycles. The number of H-pyrrole nitrogens is 1. The second-order valence-electron chi connectivity index (χ2n) is 10.5. The van der Waals surface area contributed by atoms with Gasteiger partial charge in [-0.15, -0.1) is 20.0 Å². The largest absolute Gasteiger partial charge is 0.353 e. The van der Waals surface area contributed by atoms with Gasteiger partial charge in [0.05, 0.1) is 6.54 Å². The number of aryl methyl sites for hydroxylation is 1. The lowest BCUT2D eigenvalue weighted by molar-refractivity contribution is 0.0778. The topological polar surface area (TPSA) is 111 Å². The van der Waals surface area contributed by atoms with Crippen LogP contribution in [0.25, 0.3) is 22.5 Å². The fraction of sp³-hybridized carbons (Fsp3) is 0.467. The Kier molecular flexibility index (Phi) is 8.75. The molecule has 0 bridgehead atoms. The van der Waals surface area contributed by atoms with E-state index in [0.717, 1.165) is 71.9 Å². The highest BCUT2D eigenvalue weighted by Crippen LogP contribution is 2.30. The van der Waals surface area contributed by atoms with Crippen molar-refractivity contribution in [1.29, 1.82) is 0 Å². The summed E-state index contributed by atoms with van der Waals surface area (Å²) >= 11 is 0. The van der Waals surface area contributed by atoms with Gasteiger partial charge in [0.2, 0.25) is 5.82 Å². The predicted octanol–water partition coefficient (Wildman–Crippen LogP) is 5.67. The molecule has 2 aromatic carbocycles. The lowest BCUT2D eigenvalue weighted by Crippen LogP contribution is -2.35. The van der Waals surface area contributed by atoms with Gasteiger partial charge in [0.1, 0.15) is 5.82 Å². The number of hydrogen-bond acceptors (Lipinski definition) is 6. The van der Waals surface area contributed by atoms with Crippen LogP contribution in [0.15, 0.2) is 53.3 Å². The molecule has 0 aliphatic heterocycles. The molecule has 9 heteroatoms. The third kappa shape index (κ3) is 6.24. The van der Waals surface area contributed by atoms with Crippen LogP contribution in [0, 0.1) is 5.92 Å². The number of unbranched alkanes of at least 4 members (excludes halogenated alkanes) is 4. The first-order valence-electron chi connectivity index (χ1n) is 14.3. The molecule has 1 fully saturated rings. The fourth-order valence-corrected chi connectivity index (χ4v) is 5.51. The van der Waals surface area contributed by atoms with Crippen LogP contribution >= 0.6 is 0 Å². The molecule has 0 unspecified atom stereocenters. The van der Waals surface area contributed by atoms with E-state index in [1.807, 2.05) is 48.5 Å². The van der Waals surface area contributed by atoms with Crippen LogP contribution < -0.4 is 5.69 Å². The second-order valence-corrected chi connectivity index (χ2v) is 10.5. The van der Waals surface area contributed by atoms with Gasteiger partial charge in [-0.1, -0.05) is 100 Å². The average Bonchev–Trinajstić information content (AvgIpc) is 3.62. The van der Waals surface area contributed by atoms with Crippen LogP contribution in [0.3, 0.4) is 0 Å². The van der Waals surface area contributed by atoms with Gasteiger partial charge in [-0.05, 0) is 41.2 Å². The zero-order valence-corrected chi connectivity index (χ0v) is 22.7. The van der Waals surface area contributed by atoms with Crippen molar-refractivity contribution < 1.29 is 4.79 Å². The van der Waals surface area contributed by atoms with Crippen molar-refractivity contribution >= 4 is 5.91 Å². The summed E-state index contributed by atoms with van der Waals surface area (Å²) in [4.78, 5) is 26.8. The number of benzene rings is 2. The molecule has 0 atom stereocenters. The molecule has 1 saturated carbocycles. The van der Waals surface area contributed by atoms with E-state index >= 15 is 0 Å². The normalized spacial score (nSPS) is 14.1. The number of tetrazole rings is 1. The molecule has 0 saturated heterocycles. The smallest absolute Gasteiger partial charge is 0.274 e. The molecule has 5 rings (SSSR count). The Morgan fingerprint density at radius 2 is 1.69 bits per heavy atom. The molecule has 4 aromatic rings. The lowest BCUT2D eigenvalue weighted by atomic mass is 9.89. The first kappa shape index (κ1) is 26.7. The minimum Gasteiger partial charge on any atom is -0.274 e. The van der Waals surface area contributed by atoms with Gasteiger partial charge < -0.3 is 0 Å². The first-order chi connectivity index (χ1) is 19.2. The summed E-state index contributed by atoms with van der Waals surface area (Å²) in [6.45, 7) is 2.58. The standard InChI is InChI=1S/C30H37N7O2/c1-2-3-4-5-9-16-27-33-37(29(38)24-12-7-6-8-13-24)30(39)36(27)21-22-17-19-23(20-18-22)25-14-10-11-15-26(25)28-31-34-35-32-28/h10-11,14-15,17-20,24H,2-9,12-13,16,21H2,1H3,(H,31,32,34,35). The van der Waals surface area contributed by atoms with Gasteiger partial charge in [-0.25, -0.2) is 4.79 Å². The summed E-state index contributed by atoms with van der Waals surface area (Å²) in [5, 5.41) is 19.1. The number of rotatable bonds is 11. The predicted molar refractivity (Wildman–Crippen MR) is 150 cm³/mol. The molecule has 0 spiro atoms. The number of aromatic amines is 1. The molecule has 204 valence electrons. The minimum atomic E-state index is -0.319. The van der Waals surface area contributed by atoms with Crippen LogP contribution in [-0.4, -0.2) is 40.9 Å². The molecule has 1 N–H and O–H groups in total. The van der Waals surface area contributed by atoms with E-state index in [1.54, 1.807) is 4.57 Å². The summed E-state index contributed by atoms with van der Waals surface area (Å²) in [6, 6.07) is 16.1.